The maximum atomic E-state index is 10.2. The van der Waals surface area contributed by atoms with Gasteiger partial charge in [-0.15, -0.1) is 0 Å². The van der Waals surface area contributed by atoms with Crippen molar-refractivity contribution in [2.75, 3.05) is 0 Å². The van der Waals surface area contributed by atoms with Gasteiger partial charge in [-0.1, -0.05) is 97.1 Å². The third kappa shape index (κ3) is 3.39. The van der Waals surface area contributed by atoms with Gasteiger partial charge in [-0.3, -0.25) is 0 Å². The van der Waals surface area contributed by atoms with Crippen LogP contribution in [0.3, 0.4) is 0 Å². The Bertz CT molecular complexity index is 1680. The van der Waals surface area contributed by atoms with Crippen molar-refractivity contribution in [2.24, 2.45) is 0 Å². The Kier molecular flexibility index (Phi) is 5.21. The lowest BCUT2D eigenvalue weighted by atomic mass is 9.71. The molecule has 2 heteroatoms. The summed E-state index contributed by atoms with van der Waals surface area (Å²) in [4.78, 5) is 0. The van der Waals surface area contributed by atoms with Crippen LogP contribution in [0.4, 0.5) is 0 Å². The molecular formula is C36H24N2. The lowest BCUT2D eigenvalue weighted by Gasteiger charge is -2.31. The molecule has 0 unspecified atom stereocenters. The lowest BCUT2D eigenvalue weighted by Crippen LogP contribution is -2.15. The van der Waals surface area contributed by atoms with Crippen molar-refractivity contribution in [3.8, 4) is 56.6 Å². The van der Waals surface area contributed by atoms with E-state index in [9.17, 15) is 10.5 Å². The molecule has 0 fully saturated rings. The van der Waals surface area contributed by atoms with Crippen molar-refractivity contribution in [1.29, 1.82) is 10.5 Å². The number of rotatable bonds is 2. The van der Waals surface area contributed by atoms with Crippen LogP contribution in [0.5, 0.6) is 0 Å². The Morgan fingerprint density at radius 2 is 0.868 bits per heavy atom. The summed E-state index contributed by atoms with van der Waals surface area (Å²) in [5, 5.41) is 20.4. The van der Waals surface area contributed by atoms with Crippen LogP contribution in [0.25, 0.3) is 44.5 Å². The average molecular weight is 485 g/mol. The topological polar surface area (TPSA) is 47.6 Å². The summed E-state index contributed by atoms with van der Waals surface area (Å²) in [5.41, 5.74) is 15.4. The van der Waals surface area contributed by atoms with Crippen LogP contribution in [-0.2, 0) is 25.7 Å². The van der Waals surface area contributed by atoms with Crippen molar-refractivity contribution < 1.29 is 0 Å². The molecule has 2 aliphatic carbocycles. The quantitative estimate of drug-likeness (QED) is 0.253. The average Bonchev–Trinajstić information content (AvgIpc) is 3.00. The molecule has 0 N–H and O–H groups in total. The van der Waals surface area contributed by atoms with Gasteiger partial charge in [0.25, 0.3) is 0 Å². The molecule has 0 amide bonds. The molecule has 5 aromatic carbocycles. The van der Waals surface area contributed by atoms with Crippen molar-refractivity contribution in [3.63, 3.8) is 0 Å². The molecule has 0 atom stereocenters. The first-order valence-corrected chi connectivity index (χ1v) is 13.2. The van der Waals surface area contributed by atoms with Gasteiger partial charge >= 0.3 is 0 Å². The third-order valence-electron chi connectivity index (χ3n) is 8.18. The fourth-order valence-electron chi connectivity index (χ4n) is 6.42. The number of aryl methyl sites for hydroxylation is 2. The molecule has 178 valence electrons. The Balaban J connectivity index is 1.48. The van der Waals surface area contributed by atoms with Gasteiger partial charge in [-0.2, -0.15) is 10.5 Å². The van der Waals surface area contributed by atoms with Gasteiger partial charge in [0.1, 0.15) is 12.1 Å². The second-order valence-electron chi connectivity index (χ2n) is 10.2. The minimum absolute atomic E-state index is 0.573. The number of hydrogen-bond acceptors (Lipinski definition) is 2. The second-order valence-corrected chi connectivity index (χ2v) is 10.2. The molecule has 0 saturated carbocycles. The Morgan fingerprint density at radius 1 is 0.447 bits per heavy atom. The minimum Gasteiger partial charge on any atom is -0.192 e. The number of hydrogen-bond donors (Lipinski definition) is 0. The zero-order chi connectivity index (χ0) is 25.6. The summed E-state index contributed by atoms with van der Waals surface area (Å²) in [6.45, 7) is 0. The molecule has 0 aromatic heterocycles. The van der Waals surface area contributed by atoms with E-state index in [-0.39, 0.29) is 0 Å². The molecule has 0 saturated heterocycles. The fraction of sp³-hybridized carbons (Fsp3) is 0.111. The van der Waals surface area contributed by atoms with E-state index in [1.165, 1.54) is 44.5 Å². The predicted octanol–water partition coefficient (Wildman–Crippen LogP) is 8.30. The molecule has 0 heterocycles. The minimum atomic E-state index is 0.573. The zero-order valence-electron chi connectivity index (χ0n) is 21.0. The van der Waals surface area contributed by atoms with Crippen LogP contribution < -0.4 is 0 Å². The van der Waals surface area contributed by atoms with Crippen LogP contribution in [0.1, 0.15) is 33.4 Å². The summed E-state index contributed by atoms with van der Waals surface area (Å²) in [6, 6.07) is 39.3. The first-order chi connectivity index (χ1) is 18.8. The van der Waals surface area contributed by atoms with Crippen LogP contribution in [0.2, 0.25) is 0 Å². The highest BCUT2D eigenvalue weighted by atomic mass is 14.4. The van der Waals surface area contributed by atoms with Gasteiger partial charge in [0.05, 0.1) is 11.1 Å². The van der Waals surface area contributed by atoms with E-state index in [1.54, 1.807) is 0 Å². The first kappa shape index (κ1) is 22.3. The molecule has 0 aliphatic heterocycles. The smallest absolute Gasteiger partial charge is 0.101 e. The van der Waals surface area contributed by atoms with Crippen LogP contribution >= 0.6 is 0 Å². The molecular weight excluding hydrogens is 460 g/mol. The van der Waals surface area contributed by atoms with Crippen molar-refractivity contribution in [2.45, 2.75) is 25.7 Å². The Hall–Kier alpha value is -4.92. The third-order valence-corrected chi connectivity index (χ3v) is 8.18. The summed E-state index contributed by atoms with van der Waals surface area (Å²) < 4.78 is 0. The number of nitriles is 2. The van der Waals surface area contributed by atoms with Gasteiger partial charge in [-0.05, 0) is 92.4 Å². The molecule has 0 bridgehead atoms. The lowest BCUT2D eigenvalue weighted by molar-refractivity contribution is 0.908. The van der Waals surface area contributed by atoms with Crippen LogP contribution in [0.15, 0.2) is 97.1 Å². The summed E-state index contributed by atoms with van der Waals surface area (Å²) in [5.74, 6) is 0. The largest absolute Gasteiger partial charge is 0.192 e. The number of benzene rings is 5. The van der Waals surface area contributed by atoms with Gasteiger partial charge in [0.2, 0.25) is 0 Å². The summed E-state index contributed by atoms with van der Waals surface area (Å²) in [7, 11) is 0. The molecule has 7 rings (SSSR count). The molecule has 0 radical (unpaired) electrons. The highest BCUT2D eigenvalue weighted by Gasteiger charge is 2.32. The normalized spacial score (nSPS) is 12.8. The van der Waals surface area contributed by atoms with E-state index >= 15 is 0 Å². The maximum Gasteiger partial charge on any atom is 0.101 e. The van der Waals surface area contributed by atoms with Crippen molar-refractivity contribution in [1.82, 2.24) is 0 Å². The molecule has 2 nitrogen and oxygen atoms in total. The van der Waals surface area contributed by atoms with E-state index < -0.39 is 0 Å². The highest BCUT2D eigenvalue weighted by molar-refractivity contribution is 5.96. The SMILES string of the molecule is N#Cc1c(C#N)c2c(c3c1CCc1cc(-c4ccccc4)ccc1-3)-c1ccc(-c3ccccc3)cc1CC2. The maximum absolute atomic E-state index is 10.2. The highest BCUT2D eigenvalue weighted by Crippen LogP contribution is 2.49. The standard InChI is InChI=1S/C36H24N2/c37-21-33-31-17-13-27-19-25(23-7-3-1-4-8-23)11-15-29(27)35(31)36-30-16-12-26(24-9-5-2-6-10-24)20-28(30)14-18-32(36)34(33)22-38/h1-12,15-16,19-20H,13-14,17-18H2. The van der Waals surface area contributed by atoms with Gasteiger partial charge in [0, 0.05) is 0 Å². The van der Waals surface area contributed by atoms with Gasteiger partial charge in [-0.25, -0.2) is 0 Å². The molecule has 38 heavy (non-hydrogen) atoms. The van der Waals surface area contributed by atoms with Crippen molar-refractivity contribution in [3.05, 3.63) is 130 Å². The number of nitrogens with zero attached hydrogens (tertiary/aromatic N) is 2. The predicted molar refractivity (Wildman–Crippen MR) is 152 cm³/mol. The number of fused-ring (bicyclic) bond motifs is 7. The van der Waals surface area contributed by atoms with Crippen molar-refractivity contribution >= 4 is 0 Å². The second kappa shape index (κ2) is 8.88. The van der Waals surface area contributed by atoms with E-state index in [1.807, 2.05) is 12.1 Å². The molecule has 5 aromatic rings. The summed E-state index contributed by atoms with van der Waals surface area (Å²) >= 11 is 0. The van der Waals surface area contributed by atoms with Gasteiger partial charge < -0.3 is 0 Å². The van der Waals surface area contributed by atoms with E-state index in [0.29, 0.717) is 11.1 Å². The fourth-order valence-corrected chi connectivity index (χ4v) is 6.42. The Labute approximate surface area is 223 Å². The van der Waals surface area contributed by atoms with E-state index in [2.05, 4.69) is 97.1 Å². The van der Waals surface area contributed by atoms with Gasteiger partial charge in [0.15, 0.2) is 0 Å². The van der Waals surface area contributed by atoms with Crippen LogP contribution in [-0.4, -0.2) is 0 Å². The summed E-state index contributed by atoms with van der Waals surface area (Å²) in [6.07, 6.45) is 3.26. The first-order valence-electron chi connectivity index (χ1n) is 13.2. The Morgan fingerprint density at radius 3 is 1.26 bits per heavy atom. The van der Waals surface area contributed by atoms with E-state index in [0.717, 1.165) is 47.9 Å². The monoisotopic (exact) mass is 484 g/mol. The molecule has 2 aliphatic rings. The van der Waals surface area contributed by atoms with E-state index in [4.69, 9.17) is 0 Å². The van der Waals surface area contributed by atoms with Crippen LogP contribution in [0, 0.1) is 22.7 Å². The zero-order valence-corrected chi connectivity index (χ0v) is 21.0. The molecule has 0 spiro atoms.